The minimum absolute atomic E-state index is 0.182. The molecule has 6 heteroatoms. The van der Waals surface area contributed by atoms with Gasteiger partial charge in [0.25, 0.3) is 0 Å². The highest BCUT2D eigenvalue weighted by Gasteiger charge is 2.11. The number of thiophene rings is 1. The van der Waals surface area contributed by atoms with Crippen LogP contribution in [0.15, 0.2) is 47.2 Å². The van der Waals surface area contributed by atoms with Gasteiger partial charge >= 0.3 is 0 Å². The fraction of sp³-hybridized carbons (Fsp3) is 0.111. The second-order valence-corrected chi connectivity index (χ2v) is 7.11. The van der Waals surface area contributed by atoms with Crippen molar-refractivity contribution in [2.24, 2.45) is 0 Å². The number of carbonyl (C=O) groups excluding carboxylic acids is 1. The van der Waals surface area contributed by atoms with Gasteiger partial charge in [0.1, 0.15) is 5.75 Å². The van der Waals surface area contributed by atoms with Gasteiger partial charge in [-0.1, -0.05) is 12.1 Å². The lowest BCUT2D eigenvalue weighted by molar-refractivity contribution is -0.111. The Morgan fingerprint density at radius 3 is 3.12 bits per heavy atom. The number of nitrogens with zero attached hydrogens (tertiary/aromatic N) is 1. The van der Waals surface area contributed by atoms with Crippen molar-refractivity contribution >= 4 is 39.8 Å². The second-order valence-electron chi connectivity index (χ2n) is 5.30. The van der Waals surface area contributed by atoms with E-state index in [1.54, 1.807) is 11.3 Å². The molecule has 2 aromatic heterocycles. The number of benzene rings is 1. The highest BCUT2D eigenvalue weighted by atomic mass is 32.1. The van der Waals surface area contributed by atoms with Crippen LogP contribution in [0.4, 0.5) is 5.13 Å². The highest BCUT2D eigenvalue weighted by molar-refractivity contribution is 7.16. The van der Waals surface area contributed by atoms with Crippen molar-refractivity contribution in [3.05, 3.63) is 58.3 Å². The summed E-state index contributed by atoms with van der Waals surface area (Å²) in [4.78, 5) is 17.6. The van der Waals surface area contributed by atoms with Crippen LogP contribution in [0.5, 0.6) is 5.75 Å². The summed E-state index contributed by atoms with van der Waals surface area (Å²) < 4.78 is 5.48. The Hall–Kier alpha value is -2.44. The Morgan fingerprint density at radius 2 is 2.25 bits per heavy atom. The van der Waals surface area contributed by atoms with E-state index in [9.17, 15) is 4.79 Å². The summed E-state index contributed by atoms with van der Waals surface area (Å²) in [6, 6.07) is 9.97. The molecule has 1 amide bonds. The standard InChI is InChI=1S/C18H14N2O2S2/c21-17(6-4-12-3-5-15-13(10-12)7-8-22-15)20-18-19-14(11-24-18)16-2-1-9-23-16/h1-6,9-11H,7-8H2,(H,19,20,21)/b6-4+. The number of nitrogens with one attached hydrogen (secondary N) is 1. The average molecular weight is 354 g/mol. The molecule has 0 saturated carbocycles. The summed E-state index contributed by atoms with van der Waals surface area (Å²) in [6.45, 7) is 0.736. The van der Waals surface area contributed by atoms with Crippen molar-refractivity contribution in [1.29, 1.82) is 0 Å². The molecule has 4 nitrogen and oxygen atoms in total. The largest absolute Gasteiger partial charge is 0.493 e. The van der Waals surface area contributed by atoms with Crippen molar-refractivity contribution in [2.75, 3.05) is 11.9 Å². The van der Waals surface area contributed by atoms with Gasteiger partial charge in [-0.05, 0) is 40.8 Å². The number of aromatic nitrogens is 1. The predicted molar refractivity (Wildman–Crippen MR) is 98.7 cm³/mol. The first kappa shape index (κ1) is 15.1. The van der Waals surface area contributed by atoms with Crippen LogP contribution in [-0.4, -0.2) is 17.5 Å². The average Bonchev–Trinajstić information content (AvgIpc) is 3.32. The fourth-order valence-electron chi connectivity index (χ4n) is 2.50. The molecule has 0 bridgehead atoms. The van der Waals surface area contributed by atoms with Crippen molar-refractivity contribution in [1.82, 2.24) is 4.98 Å². The van der Waals surface area contributed by atoms with Crippen LogP contribution >= 0.6 is 22.7 Å². The first-order valence-electron chi connectivity index (χ1n) is 7.52. The molecule has 0 aliphatic carbocycles. The zero-order valence-electron chi connectivity index (χ0n) is 12.7. The van der Waals surface area contributed by atoms with E-state index < -0.39 is 0 Å². The number of hydrogen-bond donors (Lipinski definition) is 1. The first-order chi connectivity index (χ1) is 11.8. The topological polar surface area (TPSA) is 51.2 Å². The van der Waals surface area contributed by atoms with Gasteiger partial charge in [0.05, 0.1) is 17.2 Å². The van der Waals surface area contributed by atoms with Crippen molar-refractivity contribution in [3.8, 4) is 16.3 Å². The number of hydrogen-bond acceptors (Lipinski definition) is 5. The zero-order valence-corrected chi connectivity index (χ0v) is 14.3. The third-order valence-corrected chi connectivity index (χ3v) is 5.30. The quantitative estimate of drug-likeness (QED) is 0.704. The summed E-state index contributed by atoms with van der Waals surface area (Å²) in [7, 11) is 0. The summed E-state index contributed by atoms with van der Waals surface area (Å²) in [6.07, 6.45) is 4.26. The Labute approximate surface area is 147 Å². The first-order valence-corrected chi connectivity index (χ1v) is 9.28. The highest BCUT2D eigenvalue weighted by Crippen LogP contribution is 2.28. The smallest absolute Gasteiger partial charge is 0.250 e. The third-order valence-electron chi connectivity index (χ3n) is 3.65. The van der Waals surface area contributed by atoms with Gasteiger partial charge in [-0.25, -0.2) is 4.98 Å². The van der Waals surface area contributed by atoms with E-state index in [2.05, 4.69) is 16.4 Å². The normalized spacial score (nSPS) is 13.0. The molecule has 0 unspecified atom stereocenters. The molecule has 1 aliphatic rings. The van der Waals surface area contributed by atoms with Gasteiger partial charge in [-0.15, -0.1) is 22.7 Å². The molecule has 120 valence electrons. The van der Waals surface area contributed by atoms with Crippen LogP contribution in [0.3, 0.4) is 0 Å². The molecule has 0 saturated heterocycles. The molecule has 4 rings (SSSR count). The zero-order chi connectivity index (χ0) is 16.4. The van der Waals surface area contributed by atoms with Gasteiger partial charge in [0, 0.05) is 17.9 Å². The summed E-state index contributed by atoms with van der Waals surface area (Å²) in [5, 5.41) is 7.38. The Morgan fingerprint density at radius 1 is 1.29 bits per heavy atom. The molecule has 0 fully saturated rings. The van der Waals surface area contributed by atoms with Crippen molar-refractivity contribution in [3.63, 3.8) is 0 Å². The van der Waals surface area contributed by atoms with Gasteiger partial charge in [0.2, 0.25) is 5.91 Å². The van der Waals surface area contributed by atoms with E-state index in [1.165, 1.54) is 23.0 Å². The number of anilines is 1. The van der Waals surface area contributed by atoms with E-state index >= 15 is 0 Å². The van der Waals surface area contributed by atoms with Crippen LogP contribution in [0.2, 0.25) is 0 Å². The minimum Gasteiger partial charge on any atom is -0.493 e. The van der Waals surface area contributed by atoms with E-state index in [4.69, 9.17) is 4.74 Å². The molecule has 24 heavy (non-hydrogen) atoms. The Bertz CT molecular complexity index is 898. The number of carbonyl (C=O) groups is 1. The summed E-state index contributed by atoms with van der Waals surface area (Å²) in [5.41, 5.74) is 3.08. The maximum atomic E-state index is 12.1. The number of rotatable bonds is 4. The van der Waals surface area contributed by atoms with Crippen LogP contribution < -0.4 is 10.1 Å². The third kappa shape index (κ3) is 3.25. The SMILES string of the molecule is O=C(/C=C/c1ccc2c(c1)CCO2)Nc1nc(-c2cccs2)cs1. The maximum Gasteiger partial charge on any atom is 0.250 e. The molecule has 3 heterocycles. The molecule has 0 radical (unpaired) electrons. The van der Waals surface area contributed by atoms with Gasteiger partial charge in [0.15, 0.2) is 5.13 Å². The van der Waals surface area contributed by atoms with E-state index in [-0.39, 0.29) is 5.91 Å². The molecular formula is C18H14N2O2S2. The molecule has 1 N–H and O–H groups in total. The predicted octanol–water partition coefficient (Wildman–Crippen LogP) is 4.46. The van der Waals surface area contributed by atoms with Gasteiger partial charge in [-0.2, -0.15) is 0 Å². The Kier molecular flexibility index (Phi) is 4.15. The molecule has 0 spiro atoms. The number of amides is 1. The maximum absolute atomic E-state index is 12.1. The van der Waals surface area contributed by atoms with E-state index in [0.717, 1.165) is 34.9 Å². The summed E-state index contributed by atoms with van der Waals surface area (Å²) >= 11 is 3.06. The molecule has 3 aromatic rings. The van der Waals surface area contributed by atoms with Gasteiger partial charge in [-0.3, -0.25) is 10.1 Å². The molecule has 0 atom stereocenters. The van der Waals surface area contributed by atoms with Crippen molar-refractivity contribution in [2.45, 2.75) is 6.42 Å². The van der Waals surface area contributed by atoms with Gasteiger partial charge < -0.3 is 4.74 Å². The fourth-order valence-corrected chi connectivity index (χ4v) is 3.97. The summed E-state index contributed by atoms with van der Waals surface area (Å²) in [5.74, 6) is 0.763. The van der Waals surface area contributed by atoms with E-state index in [0.29, 0.717) is 5.13 Å². The van der Waals surface area contributed by atoms with Crippen molar-refractivity contribution < 1.29 is 9.53 Å². The Balaban J connectivity index is 1.41. The molecule has 1 aromatic carbocycles. The molecule has 1 aliphatic heterocycles. The van der Waals surface area contributed by atoms with E-state index in [1.807, 2.05) is 41.1 Å². The second kappa shape index (κ2) is 6.59. The lowest BCUT2D eigenvalue weighted by atomic mass is 10.1. The van der Waals surface area contributed by atoms with Crippen LogP contribution in [0.1, 0.15) is 11.1 Å². The number of fused-ring (bicyclic) bond motifs is 1. The lowest BCUT2D eigenvalue weighted by Gasteiger charge is -2.00. The van der Waals surface area contributed by atoms with Crippen LogP contribution in [0, 0.1) is 0 Å². The van der Waals surface area contributed by atoms with Crippen LogP contribution in [0.25, 0.3) is 16.6 Å². The monoisotopic (exact) mass is 354 g/mol. The van der Waals surface area contributed by atoms with Crippen LogP contribution in [-0.2, 0) is 11.2 Å². The lowest BCUT2D eigenvalue weighted by Crippen LogP contribution is -2.07. The minimum atomic E-state index is -0.182. The molecular weight excluding hydrogens is 340 g/mol. The number of ether oxygens (including phenoxy) is 1. The number of thiazole rings is 1.